The van der Waals surface area contributed by atoms with E-state index in [0.717, 1.165) is 23.5 Å². The van der Waals surface area contributed by atoms with E-state index < -0.39 is 17.9 Å². The van der Waals surface area contributed by atoms with E-state index in [1.54, 1.807) is 18.2 Å². The molecule has 0 atom stereocenters. The number of rotatable bonds is 3. The standard InChI is InChI=1S/C14H12O6S2/c1-18-12(15)7-5-4-6-8-9(7)22-11(14(17)20-3)10(21-8)13(16)19-2/h4-6H,1-3H3. The number of fused-ring (bicyclic) bond motifs is 1. The van der Waals surface area contributed by atoms with Gasteiger partial charge in [-0.25, -0.2) is 14.4 Å². The van der Waals surface area contributed by atoms with Crippen molar-refractivity contribution in [3.8, 4) is 0 Å². The number of hydrogen-bond acceptors (Lipinski definition) is 8. The summed E-state index contributed by atoms with van der Waals surface area (Å²) in [6.07, 6.45) is 0. The molecule has 0 unspecified atom stereocenters. The van der Waals surface area contributed by atoms with Gasteiger partial charge in [-0.15, -0.1) is 0 Å². The quantitative estimate of drug-likeness (QED) is 0.612. The summed E-state index contributed by atoms with van der Waals surface area (Å²) in [6.45, 7) is 0. The van der Waals surface area contributed by atoms with Gasteiger partial charge < -0.3 is 14.2 Å². The van der Waals surface area contributed by atoms with Gasteiger partial charge in [-0.3, -0.25) is 0 Å². The van der Waals surface area contributed by atoms with Gasteiger partial charge in [-0.2, -0.15) is 0 Å². The van der Waals surface area contributed by atoms with Gasteiger partial charge >= 0.3 is 17.9 Å². The molecule has 2 rings (SSSR count). The minimum absolute atomic E-state index is 0.0863. The van der Waals surface area contributed by atoms with Crippen LogP contribution >= 0.6 is 23.5 Å². The highest BCUT2D eigenvalue weighted by atomic mass is 32.2. The van der Waals surface area contributed by atoms with Gasteiger partial charge in [0.2, 0.25) is 0 Å². The van der Waals surface area contributed by atoms with Gasteiger partial charge in [0.05, 0.1) is 26.9 Å². The molecule has 0 bridgehead atoms. The predicted molar refractivity (Wildman–Crippen MR) is 80.6 cm³/mol. The molecule has 1 aromatic rings. The SMILES string of the molecule is COC(=O)C1=C(C(=O)OC)Sc2c(cccc2C(=O)OC)S1. The van der Waals surface area contributed by atoms with E-state index in [1.165, 1.54) is 21.3 Å². The number of thioether (sulfide) groups is 2. The number of methoxy groups -OCH3 is 3. The van der Waals surface area contributed by atoms with Crippen LogP contribution in [0.15, 0.2) is 37.8 Å². The second kappa shape index (κ2) is 6.89. The van der Waals surface area contributed by atoms with Crippen LogP contribution in [0.5, 0.6) is 0 Å². The van der Waals surface area contributed by atoms with Crippen molar-refractivity contribution in [1.29, 1.82) is 0 Å². The molecule has 0 aliphatic carbocycles. The van der Waals surface area contributed by atoms with Gasteiger partial charge in [-0.05, 0) is 12.1 Å². The second-order valence-corrected chi connectivity index (χ2v) is 6.04. The van der Waals surface area contributed by atoms with Gasteiger partial charge in [0, 0.05) is 9.79 Å². The molecule has 1 aromatic carbocycles. The van der Waals surface area contributed by atoms with Crippen molar-refractivity contribution in [3.63, 3.8) is 0 Å². The third-order valence-electron chi connectivity index (χ3n) is 2.75. The maximum absolute atomic E-state index is 11.9. The Morgan fingerprint density at radius 2 is 1.36 bits per heavy atom. The smallest absolute Gasteiger partial charge is 0.346 e. The molecule has 8 heteroatoms. The van der Waals surface area contributed by atoms with Gasteiger partial charge in [0.25, 0.3) is 0 Å². The molecule has 0 amide bonds. The third kappa shape index (κ3) is 2.97. The average Bonchev–Trinajstić information content (AvgIpc) is 2.57. The molecule has 0 N–H and O–H groups in total. The van der Waals surface area contributed by atoms with Crippen molar-refractivity contribution < 1.29 is 28.6 Å². The Hall–Kier alpha value is -1.93. The Balaban J connectivity index is 2.55. The first-order valence-corrected chi connectivity index (χ1v) is 7.64. The highest BCUT2D eigenvalue weighted by Crippen LogP contribution is 2.48. The summed E-state index contributed by atoms with van der Waals surface area (Å²) in [6, 6.07) is 5.02. The van der Waals surface area contributed by atoms with Crippen LogP contribution in [0, 0.1) is 0 Å². The fraction of sp³-hybridized carbons (Fsp3) is 0.214. The van der Waals surface area contributed by atoms with Crippen LogP contribution in [0.3, 0.4) is 0 Å². The van der Waals surface area contributed by atoms with E-state index in [-0.39, 0.29) is 9.81 Å². The molecule has 0 saturated carbocycles. The molecule has 0 spiro atoms. The van der Waals surface area contributed by atoms with Crippen molar-refractivity contribution in [2.24, 2.45) is 0 Å². The summed E-state index contributed by atoms with van der Waals surface area (Å²) in [5, 5.41) is 0. The second-order valence-electron chi connectivity index (χ2n) is 3.97. The van der Waals surface area contributed by atoms with Crippen LogP contribution in [0.4, 0.5) is 0 Å². The van der Waals surface area contributed by atoms with Crippen molar-refractivity contribution in [2.45, 2.75) is 9.79 Å². The molecular formula is C14H12O6S2. The Morgan fingerprint density at radius 1 is 0.818 bits per heavy atom. The number of ether oxygens (including phenoxy) is 3. The number of carbonyl (C=O) groups excluding carboxylic acids is 3. The number of esters is 3. The lowest BCUT2D eigenvalue weighted by atomic mass is 10.2. The fourth-order valence-corrected chi connectivity index (χ4v) is 4.12. The lowest BCUT2D eigenvalue weighted by molar-refractivity contribution is -0.138. The summed E-state index contributed by atoms with van der Waals surface area (Å²) in [5.74, 6) is -1.81. The van der Waals surface area contributed by atoms with Crippen LogP contribution in [-0.4, -0.2) is 39.2 Å². The van der Waals surface area contributed by atoms with Gasteiger partial charge in [-0.1, -0.05) is 29.6 Å². The first kappa shape index (κ1) is 16.4. The van der Waals surface area contributed by atoms with E-state index in [2.05, 4.69) is 0 Å². The Labute approximate surface area is 135 Å². The van der Waals surface area contributed by atoms with Crippen molar-refractivity contribution in [3.05, 3.63) is 33.6 Å². The highest BCUT2D eigenvalue weighted by Gasteiger charge is 2.32. The van der Waals surface area contributed by atoms with E-state index in [0.29, 0.717) is 15.4 Å². The van der Waals surface area contributed by atoms with E-state index >= 15 is 0 Å². The molecule has 1 aliphatic heterocycles. The average molecular weight is 340 g/mol. The summed E-state index contributed by atoms with van der Waals surface area (Å²) in [7, 11) is 3.73. The zero-order valence-corrected chi connectivity index (χ0v) is 13.6. The molecule has 116 valence electrons. The lowest BCUT2D eigenvalue weighted by Gasteiger charge is -2.20. The molecular weight excluding hydrogens is 328 g/mol. The first-order chi connectivity index (χ1) is 10.5. The molecule has 0 radical (unpaired) electrons. The maximum Gasteiger partial charge on any atom is 0.346 e. The summed E-state index contributed by atoms with van der Waals surface area (Å²) in [4.78, 5) is 37.1. The minimum atomic E-state index is -0.664. The van der Waals surface area contributed by atoms with E-state index in [4.69, 9.17) is 14.2 Å². The molecule has 0 saturated heterocycles. The summed E-state index contributed by atoms with van der Waals surface area (Å²) < 4.78 is 14.1. The van der Waals surface area contributed by atoms with Crippen LogP contribution in [0.2, 0.25) is 0 Å². The molecule has 6 nitrogen and oxygen atoms in total. The van der Waals surface area contributed by atoms with E-state index in [9.17, 15) is 14.4 Å². The molecule has 1 heterocycles. The van der Waals surface area contributed by atoms with Crippen LogP contribution < -0.4 is 0 Å². The predicted octanol–water partition coefficient (Wildman–Crippen LogP) is 2.23. The normalized spacial score (nSPS) is 13.2. The Kier molecular flexibility index (Phi) is 5.15. The van der Waals surface area contributed by atoms with Crippen LogP contribution in [0.25, 0.3) is 0 Å². The van der Waals surface area contributed by atoms with Crippen LogP contribution in [-0.2, 0) is 23.8 Å². The third-order valence-corrected chi connectivity index (χ3v) is 5.36. The number of hydrogen-bond donors (Lipinski definition) is 0. The first-order valence-electron chi connectivity index (χ1n) is 6.01. The van der Waals surface area contributed by atoms with E-state index in [1.807, 2.05) is 0 Å². The highest BCUT2D eigenvalue weighted by molar-refractivity contribution is 8.10. The zero-order valence-electron chi connectivity index (χ0n) is 12.0. The maximum atomic E-state index is 11.9. The topological polar surface area (TPSA) is 78.9 Å². The van der Waals surface area contributed by atoms with Gasteiger partial charge in [0.1, 0.15) is 9.81 Å². The van der Waals surface area contributed by atoms with Crippen molar-refractivity contribution in [2.75, 3.05) is 21.3 Å². The molecule has 22 heavy (non-hydrogen) atoms. The Bertz CT molecular complexity index is 680. The van der Waals surface area contributed by atoms with Crippen molar-refractivity contribution >= 4 is 41.4 Å². The van der Waals surface area contributed by atoms with Crippen molar-refractivity contribution in [1.82, 2.24) is 0 Å². The van der Waals surface area contributed by atoms with Gasteiger partial charge in [0.15, 0.2) is 0 Å². The molecule has 1 aliphatic rings. The number of benzene rings is 1. The summed E-state index contributed by atoms with van der Waals surface area (Å²) in [5.41, 5.74) is 0.322. The van der Waals surface area contributed by atoms with Crippen LogP contribution in [0.1, 0.15) is 10.4 Å². The minimum Gasteiger partial charge on any atom is -0.465 e. The Morgan fingerprint density at radius 3 is 1.91 bits per heavy atom. The zero-order chi connectivity index (χ0) is 16.3. The monoisotopic (exact) mass is 340 g/mol. The largest absolute Gasteiger partial charge is 0.465 e. The fourth-order valence-electron chi connectivity index (χ4n) is 1.73. The molecule has 0 aromatic heterocycles. The number of carbonyl (C=O) groups is 3. The lowest BCUT2D eigenvalue weighted by Crippen LogP contribution is -2.15. The summed E-state index contributed by atoms with van der Waals surface area (Å²) >= 11 is 2.05. The molecule has 0 fully saturated rings.